The van der Waals surface area contributed by atoms with Crippen molar-refractivity contribution >= 4 is 255 Å². The lowest BCUT2D eigenvalue weighted by Crippen LogP contribution is -1.86. The Labute approximate surface area is 867 Å². The van der Waals surface area contributed by atoms with Crippen molar-refractivity contribution in [1.29, 1.82) is 0 Å². The maximum Gasteiger partial charge on any atom is 0.0355 e. The standard InChI is InChI=1S/4C35H21NS/c1-2-9-27-26(8-1)31-19-24(12-14-28(31)29-16-17-36-21-33(27)29)22-6-5-7-23(18-22)25-13-15-35-32(20-25)30-10-3-4-11-34(30)37-35;1-2-9-27-26(8-1)29-16-17-36-21-33(29)28-14-12-24(19-31(27)28)22-6-5-7-23(18-22)25-13-15-35-32(20-25)30-10-3-4-11-34(30)37-35;1-2-9-27-26(8-1)28-14-12-24(19-31(28)29-16-17-36-21-33(27)29)22-6-5-7-23(18-22)25-13-15-35-32(20-25)30-10-3-4-11-34(30)37-35;1-2-9-27-26(8-1)28-14-12-24(19-31(28)33-21-36-17-16-29(27)33)22-6-5-7-23(18-22)25-13-15-35-32(20-25)30-10-3-4-11-34(30)37-35/h4*1-21H. The van der Waals surface area contributed by atoms with Crippen molar-refractivity contribution in [3.8, 4) is 89.0 Å². The van der Waals surface area contributed by atoms with Crippen LogP contribution in [0.25, 0.3) is 299 Å². The quantitative estimate of drug-likeness (QED) is 0.142. The van der Waals surface area contributed by atoms with Gasteiger partial charge in [0.2, 0.25) is 0 Å². The third-order valence-corrected chi connectivity index (χ3v) is 34.8. The Bertz CT molecular complexity index is 9710. The summed E-state index contributed by atoms with van der Waals surface area (Å²) in [4.78, 5) is 17.7. The van der Waals surface area contributed by atoms with E-state index in [2.05, 4.69) is 481 Å². The minimum atomic E-state index is 1.20. The second-order valence-corrected chi connectivity index (χ2v) is 42.8. The molecule has 0 N–H and O–H groups in total. The van der Waals surface area contributed by atoms with E-state index in [9.17, 15) is 0 Å². The zero-order valence-corrected chi connectivity index (χ0v) is 83.2. The number of thiophene rings is 4. The number of benzene rings is 24. The number of hydrogen-bond donors (Lipinski definition) is 0. The molecular formula is C140H84N4S4. The second-order valence-electron chi connectivity index (χ2n) is 38.5. The first kappa shape index (κ1) is 86.5. The molecule has 0 aliphatic rings. The van der Waals surface area contributed by atoms with Crippen LogP contribution in [-0.2, 0) is 0 Å². The minimum Gasteiger partial charge on any atom is -0.264 e. The molecule has 8 heterocycles. The van der Waals surface area contributed by atoms with Gasteiger partial charge in [0.1, 0.15) is 0 Å². The second kappa shape index (κ2) is 36.0. The van der Waals surface area contributed by atoms with Crippen molar-refractivity contribution in [3.63, 3.8) is 0 Å². The van der Waals surface area contributed by atoms with Crippen LogP contribution in [0.2, 0.25) is 0 Å². The van der Waals surface area contributed by atoms with Crippen molar-refractivity contribution in [3.05, 3.63) is 511 Å². The van der Waals surface area contributed by atoms with E-state index in [-0.39, 0.29) is 0 Å². The summed E-state index contributed by atoms with van der Waals surface area (Å²) in [6.45, 7) is 0. The largest absolute Gasteiger partial charge is 0.264 e. The first-order valence-corrected chi connectivity index (χ1v) is 53.4. The van der Waals surface area contributed by atoms with Crippen molar-refractivity contribution in [2.75, 3.05) is 0 Å². The van der Waals surface area contributed by atoms with Crippen LogP contribution < -0.4 is 0 Å². The highest BCUT2D eigenvalue weighted by Gasteiger charge is 2.21. The van der Waals surface area contributed by atoms with E-state index in [4.69, 9.17) is 0 Å². The van der Waals surface area contributed by atoms with Gasteiger partial charge >= 0.3 is 0 Å². The molecule has 32 rings (SSSR count). The Balaban J connectivity index is 0.0000000930. The molecular weight excluding hydrogens is 1870 g/mol. The van der Waals surface area contributed by atoms with E-state index >= 15 is 0 Å². The van der Waals surface area contributed by atoms with Crippen LogP contribution in [-0.4, -0.2) is 19.9 Å². The van der Waals surface area contributed by atoms with Gasteiger partial charge in [0.05, 0.1) is 0 Å². The zero-order chi connectivity index (χ0) is 97.4. The van der Waals surface area contributed by atoms with E-state index in [1.54, 1.807) is 0 Å². The van der Waals surface area contributed by atoms with Gasteiger partial charge in [-0.1, -0.05) is 315 Å². The number of fused-ring (bicyclic) bond motifs is 36. The fraction of sp³-hybridized carbons (Fsp3) is 0. The lowest BCUT2D eigenvalue weighted by Gasteiger charge is -2.12. The van der Waals surface area contributed by atoms with Crippen LogP contribution in [0.3, 0.4) is 0 Å². The summed E-state index contributed by atoms with van der Waals surface area (Å²) in [6.07, 6.45) is 15.5. The van der Waals surface area contributed by atoms with Gasteiger partial charge < -0.3 is 0 Å². The molecule has 0 spiro atoms. The third-order valence-electron chi connectivity index (χ3n) is 30.2. The summed E-state index contributed by atoms with van der Waals surface area (Å²) in [5.41, 5.74) is 19.8. The predicted octanol–water partition coefficient (Wildman–Crippen LogP) is 41.0. The van der Waals surface area contributed by atoms with E-state index < -0.39 is 0 Å². The molecule has 688 valence electrons. The summed E-state index contributed by atoms with van der Waals surface area (Å²) < 4.78 is 10.7. The van der Waals surface area contributed by atoms with E-state index in [1.165, 1.54) is 299 Å². The lowest BCUT2D eigenvalue weighted by molar-refractivity contribution is 1.37. The van der Waals surface area contributed by atoms with Crippen molar-refractivity contribution in [2.45, 2.75) is 0 Å². The fourth-order valence-corrected chi connectivity index (χ4v) is 27.4. The van der Waals surface area contributed by atoms with Crippen molar-refractivity contribution in [1.82, 2.24) is 19.9 Å². The molecule has 0 unspecified atom stereocenters. The Morgan fingerprint density at radius 1 is 0.0946 bits per heavy atom. The molecule has 148 heavy (non-hydrogen) atoms. The number of pyridine rings is 4. The molecule has 0 fully saturated rings. The molecule has 8 heteroatoms. The Morgan fingerprint density at radius 3 is 0.486 bits per heavy atom. The molecule has 0 saturated carbocycles. The first-order chi connectivity index (χ1) is 73.3. The van der Waals surface area contributed by atoms with E-state index in [0.717, 1.165) is 0 Å². The normalized spacial score (nSPS) is 11.8. The zero-order valence-electron chi connectivity index (χ0n) is 79.9. The molecule has 0 atom stereocenters. The van der Waals surface area contributed by atoms with Crippen LogP contribution in [0.4, 0.5) is 0 Å². The van der Waals surface area contributed by atoms with Gasteiger partial charge in [-0.2, -0.15) is 0 Å². The molecule has 0 aliphatic carbocycles. The smallest absolute Gasteiger partial charge is 0.0355 e. The monoisotopic (exact) mass is 1950 g/mol. The molecule has 24 aromatic carbocycles. The first-order valence-electron chi connectivity index (χ1n) is 50.1. The summed E-state index contributed by atoms with van der Waals surface area (Å²) in [5.74, 6) is 0. The fourth-order valence-electron chi connectivity index (χ4n) is 23.0. The van der Waals surface area contributed by atoms with Crippen LogP contribution in [0.15, 0.2) is 511 Å². The number of nitrogens with zero attached hydrogens (tertiary/aromatic N) is 4. The van der Waals surface area contributed by atoms with E-state index in [0.29, 0.717) is 0 Å². The lowest BCUT2D eigenvalue weighted by atomic mass is 9.92. The van der Waals surface area contributed by atoms with Crippen LogP contribution in [0, 0.1) is 0 Å². The van der Waals surface area contributed by atoms with Crippen molar-refractivity contribution in [2.24, 2.45) is 0 Å². The van der Waals surface area contributed by atoms with Gasteiger partial charge in [-0.3, -0.25) is 19.9 Å². The molecule has 0 bridgehead atoms. The average molecular weight is 1950 g/mol. The highest BCUT2D eigenvalue weighted by molar-refractivity contribution is 7.27. The molecule has 0 aliphatic heterocycles. The Hall–Kier alpha value is -18.1. The molecule has 32 aromatic rings. The Kier molecular flexibility index (Phi) is 21.1. The van der Waals surface area contributed by atoms with Crippen molar-refractivity contribution < 1.29 is 0 Å². The number of rotatable bonds is 8. The maximum atomic E-state index is 4.47. The van der Waals surface area contributed by atoms with Crippen LogP contribution >= 0.6 is 45.3 Å². The third kappa shape index (κ3) is 15.0. The number of aromatic nitrogens is 4. The maximum absolute atomic E-state index is 4.47. The van der Waals surface area contributed by atoms with Gasteiger partial charge in [0.25, 0.3) is 0 Å². The molecule has 0 radical (unpaired) electrons. The van der Waals surface area contributed by atoms with Gasteiger partial charge in [-0.25, -0.2) is 0 Å². The van der Waals surface area contributed by atoms with Gasteiger partial charge in [-0.15, -0.1) is 45.3 Å². The summed E-state index contributed by atoms with van der Waals surface area (Å²) >= 11 is 7.45. The molecule has 8 aromatic heterocycles. The molecule has 0 saturated heterocycles. The van der Waals surface area contributed by atoms with Gasteiger partial charge in [0.15, 0.2) is 0 Å². The van der Waals surface area contributed by atoms with Crippen LogP contribution in [0.1, 0.15) is 0 Å². The highest BCUT2D eigenvalue weighted by atomic mass is 32.1. The van der Waals surface area contributed by atoms with E-state index in [1.807, 2.05) is 94.9 Å². The SMILES string of the molecule is c1cc(-c2ccc3sc4ccccc4c3c2)cc(-c2ccc3c4ccccc4c4ccncc4c3c2)c1.c1cc(-c2ccc3sc4ccccc4c3c2)cc(-c2ccc3c4ccccc4c4cnccc4c3c2)c1.c1cc(-c2ccc3sc4ccccc4c3c2)cc(-c2ccc3c4ccncc4c4ccccc4c3c2)c1.c1cc(-c2ccc3sc4ccccc4c3c2)cc(-c2ccc3c4cnccc4c4ccccc4c3c2)c1. The van der Waals surface area contributed by atoms with Gasteiger partial charge in [-0.05, 0) is 342 Å². The summed E-state index contributed by atoms with van der Waals surface area (Å²) in [7, 11) is 0. The number of hydrogen-bond acceptors (Lipinski definition) is 8. The summed E-state index contributed by atoms with van der Waals surface area (Å²) in [6, 6.07) is 169. The average Bonchev–Trinajstić information content (AvgIpc) is 1.12. The topological polar surface area (TPSA) is 51.6 Å². The van der Waals surface area contributed by atoms with Gasteiger partial charge in [0, 0.05) is 152 Å². The predicted molar refractivity (Wildman–Crippen MR) is 642 cm³/mol. The minimum absolute atomic E-state index is 1.20. The summed E-state index contributed by atoms with van der Waals surface area (Å²) in [5, 5.41) is 40.8. The molecule has 4 nitrogen and oxygen atoms in total. The van der Waals surface area contributed by atoms with Crippen LogP contribution in [0.5, 0.6) is 0 Å². The Morgan fingerprint density at radius 2 is 0.243 bits per heavy atom. The highest BCUT2D eigenvalue weighted by Crippen LogP contribution is 2.48. The molecule has 0 amide bonds.